The van der Waals surface area contributed by atoms with Crippen molar-refractivity contribution in [2.45, 2.75) is 64.0 Å². The number of hydrogen-bond donors (Lipinski definition) is 2. The highest BCUT2D eigenvalue weighted by molar-refractivity contribution is 7.87. The number of carbonyl (C=O) groups is 1. The predicted octanol–water partition coefficient (Wildman–Crippen LogP) is 3.77. The second-order valence-electron chi connectivity index (χ2n) is 8.97. The minimum absolute atomic E-state index is 0.0525. The lowest BCUT2D eigenvalue weighted by atomic mass is 9.45. The van der Waals surface area contributed by atoms with Crippen LogP contribution in [0.2, 0.25) is 0 Å². The second kappa shape index (κ2) is 7.10. The Labute approximate surface area is 159 Å². The molecule has 4 rings (SSSR count). The summed E-state index contributed by atoms with van der Waals surface area (Å²) in [5.74, 6) is 0.325. The minimum atomic E-state index is -5.76. The SMILES string of the molecule is CCC=C(C)CC1C2CC3CC1CC(CNC(=O)C(F)(F)S(=O)(=O)O)(C3)C2. The fourth-order valence-electron chi connectivity index (χ4n) is 6.14. The summed E-state index contributed by atoms with van der Waals surface area (Å²) in [5.41, 5.74) is 1.19. The van der Waals surface area contributed by atoms with E-state index in [9.17, 15) is 22.0 Å². The molecule has 0 aromatic carbocycles. The molecule has 4 fully saturated rings. The quantitative estimate of drug-likeness (QED) is 0.499. The van der Waals surface area contributed by atoms with E-state index in [0.29, 0.717) is 23.7 Å². The number of halogens is 2. The molecule has 0 saturated heterocycles. The molecule has 0 aromatic heterocycles. The molecule has 4 aliphatic rings. The summed E-state index contributed by atoms with van der Waals surface area (Å²) in [6.07, 6.45) is 9.37. The third-order valence-electron chi connectivity index (χ3n) is 6.92. The lowest BCUT2D eigenvalue weighted by Gasteiger charge is -2.60. The first-order valence-electron chi connectivity index (χ1n) is 9.76. The Bertz CT molecular complexity index is 718. The molecule has 27 heavy (non-hydrogen) atoms. The molecule has 0 aromatic rings. The van der Waals surface area contributed by atoms with Gasteiger partial charge in [-0.1, -0.05) is 18.6 Å². The van der Waals surface area contributed by atoms with Gasteiger partial charge in [0.25, 0.3) is 0 Å². The number of amides is 1. The van der Waals surface area contributed by atoms with E-state index < -0.39 is 21.3 Å². The van der Waals surface area contributed by atoms with Crippen molar-refractivity contribution in [2.75, 3.05) is 6.54 Å². The highest BCUT2D eigenvalue weighted by Crippen LogP contribution is 2.63. The van der Waals surface area contributed by atoms with Crippen LogP contribution in [0, 0.1) is 29.1 Å². The molecule has 2 N–H and O–H groups in total. The maximum Gasteiger partial charge on any atom is 0.446 e. The molecule has 4 bridgehead atoms. The lowest BCUT2D eigenvalue weighted by molar-refractivity contribution is -0.139. The van der Waals surface area contributed by atoms with Gasteiger partial charge >= 0.3 is 21.3 Å². The molecule has 154 valence electrons. The van der Waals surface area contributed by atoms with Crippen molar-refractivity contribution in [1.29, 1.82) is 0 Å². The zero-order valence-electron chi connectivity index (χ0n) is 15.9. The fourth-order valence-corrected chi connectivity index (χ4v) is 6.45. The second-order valence-corrected chi connectivity index (χ2v) is 10.4. The Morgan fingerprint density at radius 3 is 2.37 bits per heavy atom. The summed E-state index contributed by atoms with van der Waals surface area (Å²) in [5, 5.41) is -2.68. The third-order valence-corrected chi connectivity index (χ3v) is 7.75. The van der Waals surface area contributed by atoms with Crippen LogP contribution in [-0.4, -0.2) is 30.7 Å². The van der Waals surface area contributed by atoms with Gasteiger partial charge in [0.1, 0.15) is 0 Å². The van der Waals surface area contributed by atoms with Crippen LogP contribution in [0.15, 0.2) is 11.6 Å². The van der Waals surface area contributed by atoms with Crippen LogP contribution in [0.25, 0.3) is 0 Å². The smallest absolute Gasteiger partial charge is 0.349 e. The van der Waals surface area contributed by atoms with Crippen molar-refractivity contribution < 1.29 is 26.5 Å². The Hall–Kier alpha value is -1.02. The predicted molar refractivity (Wildman–Crippen MR) is 97.6 cm³/mol. The number of rotatable bonds is 7. The summed E-state index contributed by atoms with van der Waals surface area (Å²) in [6, 6.07) is 0. The maximum absolute atomic E-state index is 13.5. The summed E-state index contributed by atoms with van der Waals surface area (Å²) in [7, 11) is -5.76. The molecular weight excluding hydrogens is 376 g/mol. The van der Waals surface area contributed by atoms with E-state index >= 15 is 0 Å². The fraction of sp³-hybridized carbons (Fsp3) is 0.842. The van der Waals surface area contributed by atoms with Gasteiger partial charge in [-0.05, 0) is 81.0 Å². The summed E-state index contributed by atoms with van der Waals surface area (Å²) in [4.78, 5) is 11.7. The van der Waals surface area contributed by atoms with Gasteiger partial charge in [-0.15, -0.1) is 0 Å². The largest absolute Gasteiger partial charge is 0.446 e. The van der Waals surface area contributed by atoms with Gasteiger partial charge in [-0.25, -0.2) is 0 Å². The molecule has 1 amide bonds. The molecule has 2 unspecified atom stereocenters. The number of alkyl halides is 2. The first-order chi connectivity index (χ1) is 12.5. The molecule has 0 aliphatic heterocycles. The molecule has 0 radical (unpaired) electrons. The Kier molecular flexibility index (Phi) is 5.45. The van der Waals surface area contributed by atoms with E-state index in [4.69, 9.17) is 4.55 Å². The van der Waals surface area contributed by atoms with Crippen LogP contribution in [0.4, 0.5) is 8.78 Å². The van der Waals surface area contributed by atoms with Gasteiger partial charge < -0.3 is 5.32 Å². The van der Waals surface area contributed by atoms with E-state index in [2.05, 4.69) is 25.2 Å². The Morgan fingerprint density at radius 2 is 1.85 bits per heavy atom. The van der Waals surface area contributed by atoms with Crippen molar-refractivity contribution in [3.05, 3.63) is 11.6 Å². The van der Waals surface area contributed by atoms with Crippen molar-refractivity contribution in [1.82, 2.24) is 5.32 Å². The average molecular weight is 406 g/mol. The van der Waals surface area contributed by atoms with Gasteiger partial charge in [-0.3, -0.25) is 9.35 Å². The van der Waals surface area contributed by atoms with Crippen molar-refractivity contribution in [2.24, 2.45) is 29.1 Å². The summed E-state index contributed by atoms with van der Waals surface area (Å²) < 4.78 is 57.1. The van der Waals surface area contributed by atoms with Crippen LogP contribution in [-0.2, 0) is 14.9 Å². The van der Waals surface area contributed by atoms with Gasteiger partial charge in [0.05, 0.1) is 0 Å². The van der Waals surface area contributed by atoms with Gasteiger partial charge in [0, 0.05) is 6.54 Å². The highest BCUT2D eigenvalue weighted by atomic mass is 32.2. The Balaban J connectivity index is 1.67. The van der Waals surface area contributed by atoms with Crippen molar-refractivity contribution in [3.63, 3.8) is 0 Å². The average Bonchev–Trinajstić information content (AvgIpc) is 2.54. The zero-order valence-corrected chi connectivity index (χ0v) is 16.7. The van der Waals surface area contributed by atoms with E-state index in [-0.39, 0.29) is 12.0 Å². The van der Waals surface area contributed by atoms with E-state index in [1.165, 1.54) is 5.57 Å². The van der Waals surface area contributed by atoms with Crippen LogP contribution >= 0.6 is 0 Å². The monoisotopic (exact) mass is 405 g/mol. The first kappa shape index (κ1) is 20.7. The standard InChI is InChI=1S/C19H29F2NO4S/c1-3-4-12(2)5-16-14-6-13-7-15(16)10-18(8-13,9-14)11-22-17(23)19(20,21)27(24,25)26/h4,13-16H,3,5-11H2,1-2H3,(H,22,23)(H,24,25,26). The molecule has 8 heteroatoms. The van der Waals surface area contributed by atoms with Crippen LogP contribution in [0.3, 0.4) is 0 Å². The molecule has 0 spiro atoms. The minimum Gasteiger partial charge on any atom is -0.349 e. The molecule has 2 atom stereocenters. The van der Waals surface area contributed by atoms with Crippen LogP contribution < -0.4 is 5.32 Å². The van der Waals surface area contributed by atoms with Gasteiger partial charge in [0.2, 0.25) is 0 Å². The maximum atomic E-state index is 13.5. The first-order valence-corrected chi connectivity index (χ1v) is 11.2. The molecular formula is C19H29F2NO4S. The highest BCUT2D eigenvalue weighted by Gasteiger charge is 2.57. The van der Waals surface area contributed by atoms with E-state index in [1.54, 1.807) is 0 Å². The number of hydrogen-bond acceptors (Lipinski definition) is 3. The van der Waals surface area contributed by atoms with E-state index in [0.717, 1.165) is 44.9 Å². The third kappa shape index (κ3) is 3.92. The molecule has 5 nitrogen and oxygen atoms in total. The van der Waals surface area contributed by atoms with Gasteiger partial charge in [-0.2, -0.15) is 17.2 Å². The topological polar surface area (TPSA) is 83.5 Å². The number of nitrogens with one attached hydrogen (secondary N) is 1. The van der Waals surface area contributed by atoms with Crippen LogP contribution in [0.1, 0.15) is 58.8 Å². The van der Waals surface area contributed by atoms with Gasteiger partial charge in [0.15, 0.2) is 0 Å². The lowest BCUT2D eigenvalue weighted by Crippen LogP contribution is -2.56. The van der Waals surface area contributed by atoms with E-state index in [1.807, 2.05) is 0 Å². The molecule has 0 heterocycles. The van der Waals surface area contributed by atoms with Crippen molar-refractivity contribution in [3.8, 4) is 0 Å². The van der Waals surface area contributed by atoms with Crippen molar-refractivity contribution >= 4 is 16.0 Å². The van der Waals surface area contributed by atoms with Crippen LogP contribution in [0.5, 0.6) is 0 Å². The normalized spacial score (nSPS) is 36.1. The number of allylic oxidation sites excluding steroid dienone is 2. The number of carbonyl (C=O) groups excluding carboxylic acids is 1. The summed E-state index contributed by atoms with van der Waals surface area (Å²) >= 11 is 0. The molecule has 4 saturated carbocycles. The summed E-state index contributed by atoms with van der Waals surface area (Å²) in [6.45, 7) is 4.35. The zero-order chi connectivity index (χ0) is 20.0. The molecule has 4 aliphatic carbocycles. The Morgan fingerprint density at radius 1 is 1.26 bits per heavy atom.